The van der Waals surface area contributed by atoms with Gasteiger partial charge in [-0.3, -0.25) is 0 Å². The van der Waals surface area contributed by atoms with Gasteiger partial charge in [0.1, 0.15) is 5.82 Å². The lowest BCUT2D eigenvalue weighted by Gasteiger charge is -2.17. The first-order valence-corrected chi connectivity index (χ1v) is 6.70. The van der Waals surface area contributed by atoms with Gasteiger partial charge in [0.25, 0.3) is 0 Å². The molecule has 0 fully saturated rings. The van der Waals surface area contributed by atoms with Crippen LogP contribution in [0.2, 0.25) is 5.02 Å². The molecule has 0 heterocycles. The molecule has 1 N–H and O–H groups in total. The summed E-state index contributed by atoms with van der Waals surface area (Å²) >= 11 is 9.40. The van der Waals surface area contributed by atoms with Gasteiger partial charge < -0.3 is 5.32 Å². The molecule has 0 amide bonds. The van der Waals surface area contributed by atoms with Crippen LogP contribution in [0.4, 0.5) is 10.1 Å². The normalized spacial score (nSPS) is 12.2. The minimum atomic E-state index is -0.230. The van der Waals surface area contributed by atoms with Gasteiger partial charge in [0.2, 0.25) is 0 Å². The van der Waals surface area contributed by atoms with Crippen molar-refractivity contribution in [1.82, 2.24) is 0 Å². The van der Waals surface area contributed by atoms with Gasteiger partial charge in [-0.1, -0.05) is 23.7 Å². The Morgan fingerprint density at radius 1 is 1.22 bits per heavy atom. The van der Waals surface area contributed by atoms with E-state index in [2.05, 4.69) is 21.2 Å². The van der Waals surface area contributed by atoms with Crippen molar-refractivity contribution in [2.45, 2.75) is 13.0 Å². The maximum atomic E-state index is 13.2. The molecule has 0 aliphatic heterocycles. The van der Waals surface area contributed by atoms with E-state index in [4.69, 9.17) is 11.6 Å². The largest absolute Gasteiger partial charge is 0.378 e. The highest BCUT2D eigenvalue weighted by Crippen LogP contribution is 2.29. The first-order valence-electron chi connectivity index (χ1n) is 5.53. The Labute approximate surface area is 119 Å². The lowest BCUT2D eigenvalue weighted by Crippen LogP contribution is -2.07. The van der Waals surface area contributed by atoms with Gasteiger partial charge in [0.05, 0.1) is 5.69 Å². The molecule has 0 aliphatic carbocycles. The molecular weight excluding hydrogens is 317 g/mol. The SMILES string of the molecule is CC(Nc1cc(Cl)ccc1Br)c1cccc(F)c1. The Morgan fingerprint density at radius 3 is 2.72 bits per heavy atom. The van der Waals surface area contributed by atoms with Crippen molar-refractivity contribution in [2.75, 3.05) is 5.32 Å². The summed E-state index contributed by atoms with van der Waals surface area (Å²) < 4.78 is 14.1. The van der Waals surface area contributed by atoms with Gasteiger partial charge >= 0.3 is 0 Å². The van der Waals surface area contributed by atoms with Crippen LogP contribution in [-0.2, 0) is 0 Å². The molecular formula is C14H12BrClFN. The van der Waals surface area contributed by atoms with E-state index in [1.54, 1.807) is 6.07 Å². The standard InChI is InChI=1S/C14H12BrClFN/c1-9(10-3-2-4-12(17)7-10)18-14-8-11(16)5-6-13(14)15/h2-9,18H,1H3. The molecule has 0 saturated heterocycles. The molecule has 2 aromatic carbocycles. The molecule has 2 rings (SSSR count). The number of hydrogen-bond acceptors (Lipinski definition) is 1. The van der Waals surface area contributed by atoms with Crippen molar-refractivity contribution in [3.8, 4) is 0 Å². The molecule has 0 saturated carbocycles. The molecule has 18 heavy (non-hydrogen) atoms. The number of rotatable bonds is 3. The molecule has 0 aromatic heterocycles. The zero-order valence-corrected chi connectivity index (χ0v) is 12.1. The molecule has 0 spiro atoms. The molecule has 0 aliphatic rings. The fourth-order valence-electron chi connectivity index (χ4n) is 1.70. The molecule has 1 atom stereocenters. The molecule has 1 unspecified atom stereocenters. The average molecular weight is 329 g/mol. The van der Waals surface area contributed by atoms with Crippen LogP contribution in [0.25, 0.3) is 0 Å². The first kappa shape index (κ1) is 13.4. The lowest BCUT2D eigenvalue weighted by atomic mass is 10.1. The van der Waals surface area contributed by atoms with Gasteiger partial charge in [-0.15, -0.1) is 0 Å². The smallest absolute Gasteiger partial charge is 0.123 e. The van der Waals surface area contributed by atoms with E-state index in [9.17, 15) is 4.39 Å². The minimum Gasteiger partial charge on any atom is -0.378 e. The predicted molar refractivity (Wildman–Crippen MR) is 77.6 cm³/mol. The third-order valence-corrected chi connectivity index (χ3v) is 3.58. The van der Waals surface area contributed by atoms with Crippen LogP contribution < -0.4 is 5.32 Å². The summed E-state index contributed by atoms with van der Waals surface area (Å²) in [6.45, 7) is 1.97. The highest BCUT2D eigenvalue weighted by molar-refractivity contribution is 9.10. The van der Waals surface area contributed by atoms with E-state index in [0.717, 1.165) is 15.7 Å². The number of nitrogens with one attached hydrogen (secondary N) is 1. The van der Waals surface area contributed by atoms with Crippen molar-refractivity contribution in [1.29, 1.82) is 0 Å². The van der Waals surface area contributed by atoms with E-state index in [-0.39, 0.29) is 11.9 Å². The summed E-state index contributed by atoms with van der Waals surface area (Å²) in [5.74, 6) is -0.230. The number of benzene rings is 2. The van der Waals surface area contributed by atoms with E-state index in [0.29, 0.717) is 5.02 Å². The van der Waals surface area contributed by atoms with Crippen LogP contribution in [0.15, 0.2) is 46.9 Å². The zero-order valence-electron chi connectivity index (χ0n) is 9.75. The summed E-state index contributed by atoms with van der Waals surface area (Å²) in [6, 6.07) is 12.1. The van der Waals surface area contributed by atoms with Crippen molar-refractivity contribution < 1.29 is 4.39 Å². The summed E-state index contributed by atoms with van der Waals surface area (Å²) in [7, 11) is 0. The quantitative estimate of drug-likeness (QED) is 0.794. The predicted octanol–water partition coefficient (Wildman–Crippen LogP) is 5.41. The van der Waals surface area contributed by atoms with Crippen molar-refractivity contribution in [2.24, 2.45) is 0 Å². The van der Waals surface area contributed by atoms with Crippen LogP contribution in [-0.4, -0.2) is 0 Å². The van der Waals surface area contributed by atoms with Gasteiger partial charge in [-0.2, -0.15) is 0 Å². The molecule has 94 valence electrons. The molecule has 1 nitrogen and oxygen atoms in total. The maximum absolute atomic E-state index is 13.2. The zero-order chi connectivity index (χ0) is 13.1. The number of anilines is 1. The monoisotopic (exact) mass is 327 g/mol. The first-order chi connectivity index (χ1) is 8.56. The van der Waals surface area contributed by atoms with Gasteiger partial charge in [0.15, 0.2) is 0 Å². The van der Waals surface area contributed by atoms with Crippen LogP contribution in [0.1, 0.15) is 18.5 Å². The Bertz CT molecular complexity index is 559. The van der Waals surface area contributed by atoms with Gasteiger partial charge in [0, 0.05) is 15.5 Å². The fourth-order valence-corrected chi connectivity index (χ4v) is 2.23. The Kier molecular flexibility index (Phi) is 4.25. The average Bonchev–Trinajstić information content (AvgIpc) is 2.34. The molecule has 0 bridgehead atoms. The van der Waals surface area contributed by atoms with Crippen molar-refractivity contribution in [3.05, 3.63) is 63.3 Å². The van der Waals surface area contributed by atoms with Crippen LogP contribution in [0.5, 0.6) is 0 Å². The van der Waals surface area contributed by atoms with Gasteiger partial charge in [-0.05, 0) is 58.7 Å². The second kappa shape index (κ2) is 5.72. The second-order valence-electron chi connectivity index (χ2n) is 4.05. The summed E-state index contributed by atoms with van der Waals surface area (Å²) in [6.07, 6.45) is 0. The third-order valence-electron chi connectivity index (χ3n) is 2.65. The molecule has 2 aromatic rings. The van der Waals surface area contributed by atoms with Crippen LogP contribution in [0.3, 0.4) is 0 Å². The summed E-state index contributed by atoms with van der Waals surface area (Å²) in [5, 5.41) is 3.96. The summed E-state index contributed by atoms with van der Waals surface area (Å²) in [4.78, 5) is 0. The van der Waals surface area contributed by atoms with E-state index in [1.165, 1.54) is 12.1 Å². The van der Waals surface area contributed by atoms with Crippen LogP contribution in [0, 0.1) is 5.82 Å². The maximum Gasteiger partial charge on any atom is 0.123 e. The molecule has 0 radical (unpaired) electrons. The van der Waals surface area contributed by atoms with Crippen molar-refractivity contribution in [3.63, 3.8) is 0 Å². The summed E-state index contributed by atoms with van der Waals surface area (Å²) in [5.41, 5.74) is 1.78. The van der Waals surface area contributed by atoms with E-state index >= 15 is 0 Å². The lowest BCUT2D eigenvalue weighted by molar-refractivity contribution is 0.623. The fraction of sp³-hybridized carbons (Fsp3) is 0.143. The highest BCUT2D eigenvalue weighted by atomic mass is 79.9. The Balaban J connectivity index is 2.21. The Morgan fingerprint density at radius 2 is 2.00 bits per heavy atom. The van der Waals surface area contributed by atoms with E-state index in [1.807, 2.05) is 31.2 Å². The van der Waals surface area contributed by atoms with Gasteiger partial charge in [-0.25, -0.2) is 4.39 Å². The van der Waals surface area contributed by atoms with E-state index < -0.39 is 0 Å². The Hall–Kier alpha value is -1.06. The number of hydrogen-bond donors (Lipinski definition) is 1. The topological polar surface area (TPSA) is 12.0 Å². The minimum absolute atomic E-state index is 0.00420. The molecule has 4 heteroatoms. The number of halogens is 3. The second-order valence-corrected chi connectivity index (χ2v) is 5.34. The van der Waals surface area contributed by atoms with Crippen LogP contribution >= 0.6 is 27.5 Å². The van der Waals surface area contributed by atoms with Crippen molar-refractivity contribution >= 4 is 33.2 Å². The third kappa shape index (κ3) is 3.24. The highest BCUT2D eigenvalue weighted by Gasteiger charge is 2.08.